The van der Waals surface area contributed by atoms with Gasteiger partial charge in [0, 0.05) is 19.7 Å². The maximum atomic E-state index is 11.6. The van der Waals surface area contributed by atoms with Crippen molar-refractivity contribution >= 4 is 0 Å². The molecule has 0 aliphatic carbocycles. The molecule has 6 heteroatoms. The second kappa shape index (κ2) is 7.03. The Hall–Kier alpha value is -0.330. The summed E-state index contributed by atoms with van der Waals surface area (Å²) in [5.41, 5.74) is 0. The van der Waals surface area contributed by atoms with Crippen LogP contribution in [-0.2, 0) is 9.47 Å². The quantitative estimate of drug-likeness (QED) is 0.647. The van der Waals surface area contributed by atoms with E-state index in [1.807, 2.05) is 6.92 Å². The molecule has 1 N–H and O–H groups in total. The highest BCUT2D eigenvalue weighted by Gasteiger charge is 2.27. The molecule has 0 rings (SSSR count). The SMILES string of the molecule is COCC(C)NCCOCC(F)(F)F. The largest absolute Gasteiger partial charge is 0.411 e. The summed E-state index contributed by atoms with van der Waals surface area (Å²) in [5, 5.41) is 2.95. The lowest BCUT2D eigenvalue weighted by Crippen LogP contribution is -2.33. The van der Waals surface area contributed by atoms with Crippen LogP contribution in [0.4, 0.5) is 13.2 Å². The average Bonchev–Trinajstić information content (AvgIpc) is 2.02. The molecule has 0 amide bonds. The van der Waals surface area contributed by atoms with Gasteiger partial charge in [0.15, 0.2) is 0 Å². The Labute approximate surface area is 81.6 Å². The van der Waals surface area contributed by atoms with E-state index in [0.717, 1.165) is 0 Å². The molecule has 14 heavy (non-hydrogen) atoms. The first-order valence-corrected chi connectivity index (χ1v) is 4.32. The third-order valence-corrected chi connectivity index (χ3v) is 1.42. The van der Waals surface area contributed by atoms with Gasteiger partial charge in [-0.05, 0) is 6.92 Å². The molecule has 86 valence electrons. The number of rotatable bonds is 7. The zero-order valence-electron chi connectivity index (χ0n) is 8.36. The van der Waals surface area contributed by atoms with Crippen LogP contribution >= 0.6 is 0 Å². The fourth-order valence-electron chi connectivity index (χ4n) is 0.874. The van der Waals surface area contributed by atoms with Crippen LogP contribution in [0.3, 0.4) is 0 Å². The second-order valence-electron chi connectivity index (χ2n) is 2.98. The van der Waals surface area contributed by atoms with Gasteiger partial charge in [-0.2, -0.15) is 13.2 Å². The molecular weight excluding hydrogens is 199 g/mol. The first-order valence-electron chi connectivity index (χ1n) is 4.32. The highest BCUT2D eigenvalue weighted by molar-refractivity contribution is 4.58. The molecule has 0 bridgehead atoms. The highest BCUT2D eigenvalue weighted by atomic mass is 19.4. The molecule has 0 saturated heterocycles. The standard InChI is InChI=1S/C8H16F3NO2/c1-7(5-13-2)12-3-4-14-6-8(9,10)11/h7,12H,3-6H2,1-2H3. The van der Waals surface area contributed by atoms with Gasteiger partial charge in [0.1, 0.15) is 6.61 Å². The summed E-state index contributed by atoms with van der Waals surface area (Å²) in [6.07, 6.45) is -4.24. The summed E-state index contributed by atoms with van der Waals surface area (Å²) in [6.45, 7) is 1.66. The fraction of sp³-hybridized carbons (Fsp3) is 1.00. The van der Waals surface area contributed by atoms with Gasteiger partial charge in [-0.15, -0.1) is 0 Å². The minimum Gasteiger partial charge on any atom is -0.383 e. The van der Waals surface area contributed by atoms with Crippen LogP contribution in [-0.4, -0.2) is 45.7 Å². The summed E-state index contributed by atoms with van der Waals surface area (Å²) in [6, 6.07) is 0.120. The van der Waals surface area contributed by atoms with Gasteiger partial charge in [0.05, 0.1) is 13.2 Å². The van der Waals surface area contributed by atoms with E-state index < -0.39 is 12.8 Å². The molecule has 0 aromatic carbocycles. The zero-order chi connectivity index (χ0) is 11.0. The van der Waals surface area contributed by atoms with Crippen molar-refractivity contribution in [2.45, 2.75) is 19.1 Å². The molecule has 0 aliphatic heterocycles. The topological polar surface area (TPSA) is 30.5 Å². The monoisotopic (exact) mass is 215 g/mol. The highest BCUT2D eigenvalue weighted by Crippen LogP contribution is 2.13. The van der Waals surface area contributed by atoms with Crippen molar-refractivity contribution in [3.63, 3.8) is 0 Å². The van der Waals surface area contributed by atoms with Gasteiger partial charge < -0.3 is 14.8 Å². The van der Waals surface area contributed by atoms with E-state index in [1.165, 1.54) is 0 Å². The number of hydrogen-bond acceptors (Lipinski definition) is 3. The normalized spacial score (nSPS) is 14.4. The first-order chi connectivity index (χ1) is 6.45. The number of ether oxygens (including phenoxy) is 2. The van der Waals surface area contributed by atoms with Crippen LogP contribution in [0.15, 0.2) is 0 Å². The van der Waals surface area contributed by atoms with Crippen molar-refractivity contribution in [1.29, 1.82) is 0 Å². The molecule has 0 fully saturated rings. The van der Waals surface area contributed by atoms with Gasteiger partial charge in [-0.3, -0.25) is 0 Å². The molecule has 0 spiro atoms. The van der Waals surface area contributed by atoms with Gasteiger partial charge in [-0.1, -0.05) is 0 Å². The molecule has 0 heterocycles. The lowest BCUT2D eigenvalue weighted by molar-refractivity contribution is -0.173. The fourth-order valence-corrected chi connectivity index (χ4v) is 0.874. The molecule has 0 aliphatic rings. The van der Waals surface area contributed by atoms with Crippen molar-refractivity contribution in [2.24, 2.45) is 0 Å². The molecule has 0 saturated carbocycles. The Morgan fingerprint density at radius 2 is 2.00 bits per heavy atom. The Balaban J connectivity index is 3.21. The molecule has 0 radical (unpaired) electrons. The average molecular weight is 215 g/mol. The van der Waals surface area contributed by atoms with Crippen LogP contribution in [0.25, 0.3) is 0 Å². The summed E-state index contributed by atoms with van der Waals surface area (Å²) < 4.78 is 44.0. The van der Waals surface area contributed by atoms with Crippen molar-refractivity contribution in [2.75, 3.05) is 33.5 Å². The number of halogens is 3. The van der Waals surface area contributed by atoms with E-state index in [4.69, 9.17) is 4.74 Å². The van der Waals surface area contributed by atoms with Crippen molar-refractivity contribution < 1.29 is 22.6 Å². The lowest BCUT2D eigenvalue weighted by Gasteiger charge is -2.13. The second-order valence-corrected chi connectivity index (χ2v) is 2.98. The van der Waals surface area contributed by atoms with Crippen LogP contribution in [0.5, 0.6) is 0 Å². The molecule has 1 unspecified atom stereocenters. The molecular formula is C8H16F3NO2. The van der Waals surface area contributed by atoms with Gasteiger partial charge in [-0.25, -0.2) is 0 Å². The summed E-state index contributed by atoms with van der Waals surface area (Å²) in [5.74, 6) is 0. The number of alkyl halides is 3. The maximum Gasteiger partial charge on any atom is 0.411 e. The Bertz CT molecular complexity index is 141. The van der Waals surface area contributed by atoms with E-state index in [9.17, 15) is 13.2 Å². The van der Waals surface area contributed by atoms with Gasteiger partial charge in [0.2, 0.25) is 0 Å². The van der Waals surface area contributed by atoms with E-state index in [1.54, 1.807) is 7.11 Å². The van der Waals surface area contributed by atoms with Gasteiger partial charge in [0.25, 0.3) is 0 Å². The van der Waals surface area contributed by atoms with Crippen molar-refractivity contribution in [3.8, 4) is 0 Å². The van der Waals surface area contributed by atoms with Crippen molar-refractivity contribution in [1.82, 2.24) is 5.32 Å². The number of nitrogens with one attached hydrogen (secondary N) is 1. The number of hydrogen-bond donors (Lipinski definition) is 1. The van der Waals surface area contributed by atoms with Gasteiger partial charge >= 0.3 is 6.18 Å². The lowest BCUT2D eigenvalue weighted by atomic mass is 10.3. The maximum absolute atomic E-state index is 11.6. The van der Waals surface area contributed by atoms with Crippen LogP contribution in [0, 0.1) is 0 Å². The molecule has 1 atom stereocenters. The minimum absolute atomic E-state index is 0.0492. The summed E-state index contributed by atoms with van der Waals surface area (Å²) in [7, 11) is 1.57. The Kier molecular flexibility index (Phi) is 6.86. The smallest absolute Gasteiger partial charge is 0.383 e. The molecule has 0 aromatic heterocycles. The molecule has 3 nitrogen and oxygen atoms in total. The third kappa shape index (κ3) is 9.76. The van der Waals surface area contributed by atoms with E-state index >= 15 is 0 Å². The predicted octanol–water partition coefficient (Wildman–Crippen LogP) is 1.19. The van der Waals surface area contributed by atoms with Crippen molar-refractivity contribution in [3.05, 3.63) is 0 Å². The van der Waals surface area contributed by atoms with E-state index in [-0.39, 0.29) is 12.6 Å². The van der Waals surface area contributed by atoms with Crippen LogP contribution < -0.4 is 5.32 Å². The summed E-state index contributed by atoms with van der Waals surface area (Å²) >= 11 is 0. The van der Waals surface area contributed by atoms with Crippen LogP contribution in [0.1, 0.15) is 6.92 Å². The first kappa shape index (κ1) is 13.7. The number of methoxy groups -OCH3 is 1. The Morgan fingerprint density at radius 1 is 1.36 bits per heavy atom. The van der Waals surface area contributed by atoms with Crippen LogP contribution in [0.2, 0.25) is 0 Å². The predicted molar refractivity (Wildman–Crippen MR) is 46.2 cm³/mol. The summed E-state index contributed by atoms with van der Waals surface area (Å²) in [4.78, 5) is 0. The third-order valence-electron chi connectivity index (χ3n) is 1.42. The van der Waals surface area contributed by atoms with E-state index in [0.29, 0.717) is 13.2 Å². The minimum atomic E-state index is -4.24. The Morgan fingerprint density at radius 3 is 2.50 bits per heavy atom. The van der Waals surface area contributed by atoms with E-state index in [2.05, 4.69) is 10.1 Å². The zero-order valence-corrected chi connectivity index (χ0v) is 8.36. The molecule has 0 aromatic rings.